The van der Waals surface area contributed by atoms with Gasteiger partial charge in [-0.15, -0.1) is 0 Å². The average molecular weight is 314 g/mol. The van der Waals surface area contributed by atoms with Crippen molar-refractivity contribution in [3.8, 4) is 0 Å². The van der Waals surface area contributed by atoms with Crippen molar-refractivity contribution in [1.82, 2.24) is 9.29 Å². The van der Waals surface area contributed by atoms with Gasteiger partial charge in [-0.05, 0) is 68.2 Å². The minimum absolute atomic E-state index is 0.701. The van der Waals surface area contributed by atoms with Crippen molar-refractivity contribution in [1.29, 1.82) is 0 Å². The summed E-state index contributed by atoms with van der Waals surface area (Å²) in [6.45, 7) is 2.29. The zero-order valence-electron chi connectivity index (χ0n) is 13.7. The van der Waals surface area contributed by atoms with Gasteiger partial charge < -0.3 is 4.57 Å². The molecule has 2 aliphatic carbocycles. The topological polar surface area (TPSA) is 17.0 Å². The molecule has 0 bridgehead atoms. The summed E-state index contributed by atoms with van der Waals surface area (Å²) < 4.78 is 6.12. The molecular formula is C19H26N2S. The van der Waals surface area contributed by atoms with Gasteiger partial charge in [0.15, 0.2) is 0 Å². The van der Waals surface area contributed by atoms with Crippen LogP contribution in [0, 0.1) is 6.92 Å². The molecule has 4 rings (SSSR count). The molecular weight excluding hydrogens is 288 g/mol. The van der Waals surface area contributed by atoms with E-state index in [1.165, 1.54) is 66.3 Å². The SMILES string of the molecule is Cc1c(C2CC2)n(C)c2cc(SNC3CCCCC3)ccc12. The van der Waals surface area contributed by atoms with Crippen LogP contribution in [0.15, 0.2) is 23.1 Å². The number of nitrogens with zero attached hydrogens (tertiary/aromatic N) is 1. The number of rotatable bonds is 4. The first kappa shape index (κ1) is 14.6. The van der Waals surface area contributed by atoms with Crippen LogP contribution in [0.1, 0.15) is 62.1 Å². The summed E-state index contributed by atoms with van der Waals surface area (Å²) in [5, 5.41) is 1.44. The van der Waals surface area contributed by atoms with Gasteiger partial charge in [0.1, 0.15) is 0 Å². The second kappa shape index (κ2) is 5.93. The van der Waals surface area contributed by atoms with Crippen molar-refractivity contribution in [2.75, 3.05) is 0 Å². The van der Waals surface area contributed by atoms with E-state index in [4.69, 9.17) is 0 Å². The number of aryl methyl sites for hydroxylation is 2. The summed E-state index contributed by atoms with van der Waals surface area (Å²) in [4.78, 5) is 1.35. The standard InChI is InChI=1S/C19H26N2S/c1-13-17-11-10-16(22-20-15-6-4-3-5-7-15)12-18(17)21(2)19(13)14-8-9-14/h10-12,14-15,20H,3-9H2,1-2H3. The third kappa shape index (κ3) is 2.69. The number of nitrogens with one attached hydrogen (secondary N) is 1. The molecule has 2 fully saturated rings. The second-order valence-electron chi connectivity index (χ2n) is 7.08. The van der Waals surface area contributed by atoms with Gasteiger partial charge in [0, 0.05) is 34.6 Å². The van der Waals surface area contributed by atoms with Gasteiger partial charge in [-0.3, -0.25) is 4.72 Å². The van der Waals surface area contributed by atoms with Gasteiger partial charge in [0.25, 0.3) is 0 Å². The zero-order chi connectivity index (χ0) is 15.1. The fourth-order valence-electron chi connectivity index (χ4n) is 4.00. The van der Waals surface area contributed by atoms with Crippen LogP contribution >= 0.6 is 11.9 Å². The van der Waals surface area contributed by atoms with Crippen LogP contribution < -0.4 is 4.72 Å². The molecule has 0 radical (unpaired) electrons. The van der Waals surface area contributed by atoms with Gasteiger partial charge in [0.05, 0.1) is 0 Å². The molecule has 2 aromatic rings. The molecule has 2 nitrogen and oxygen atoms in total. The summed E-state index contributed by atoms with van der Waals surface area (Å²) in [7, 11) is 2.24. The Morgan fingerprint density at radius 1 is 1.09 bits per heavy atom. The van der Waals surface area contributed by atoms with Crippen LogP contribution in [0.4, 0.5) is 0 Å². The Hall–Kier alpha value is -0.930. The number of hydrogen-bond acceptors (Lipinski definition) is 2. The number of fused-ring (bicyclic) bond motifs is 1. The summed E-state index contributed by atoms with van der Waals surface area (Å²) in [5.74, 6) is 0.814. The lowest BCUT2D eigenvalue weighted by Crippen LogP contribution is -2.25. The fraction of sp³-hybridized carbons (Fsp3) is 0.579. The number of aromatic nitrogens is 1. The molecule has 2 saturated carbocycles. The summed E-state index contributed by atoms with van der Waals surface area (Å²) in [6, 6.07) is 7.68. The minimum atomic E-state index is 0.701. The van der Waals surface area contributed by atoms with E-state index in [2.05, 4.69) is 41.5 Å². The van der Waals surface area contributed by atoms with E-state index in [0.29, 0.717) is 6.04 Å². The predicted molar refractivity (Wildman–Crippen MR) is 95.5 cm³/mol. The van der Waals surface area contributed by atoms with E-state index in [9.17, 15) is 0 Å². The molecule has 22 heavy (non-hydrogen) atoms. The molecule has 0 spiro atoms. The first-order chi connectivity index (χ1) is 10.7. The molecule has 118 valence electrons. The first-order valence-corrected chi connectivity index (χ1v) is 9.57. The molecule has 2 aliphatic rings. The number of benzene rings is 1. The van der Waals surface area contributed by atoms with Gasteiger partial charge in [-0.2, -0.15) is 0 Å². The molecule has 0 atom stereocenters. The smallest absolute Gasteiger partial charge is 0.0494 e. The monoisotopic (exact) mass is 314 g/mol. The Labute approximate surface area is 137 Å². The fourth-order valence-corrected chi connectivity index (χ4v) is 4.84. The van der Waals surface area contributed by atoms with Gasteiger partial charge in [-0.25, -0.2) is 0 Å². The van der Waals surface area contributed by atoms with E-state index in [1.807, 2.05) is 11.9 Å². The van der Waals surface area contributed by atoms with Crippen LogP contribution in [0.3, 0.4) is 0 Å². The van der Waals surface area contributed by atoms with E-state index < -0.39 is 0 Å². The molecule has 3 heteroatoms. The second-order valence-corrected chi connectivity index (χ2v) is 7.99. The highest BCUT2D eigenvalue weighted by Crippen LogP contribution is 2.44. The highest BCUT2D eigenvalue weighted by molar-refractivity contribution is 7.97. The van der Waals surface area contributed by atoms with Gasteiger partial charge in [0.2, 0.25) is 0 Å². The van der Waals surface area contributed by atoms with Crippen molar-refractivity contribution in [2.24, 2.45) is 7.05 Å². The Bertz CT molecular complexity index is 678. The van der Waals surface area contributed by atoms with Gasteiger partial charge in [-0.1, -0.05) is 25.3 Å². The van der Waals surface area contributed by atoms with Crippen molar-refractivity contribution in [3.05, 3.63) is 29.5 Å². The van der Waals surface area contributed by atoms with Crippen LogP contribution in [-0.2, 0) is 7.05 Å². The van der Waals surface area contributed by atoms with Crippen molar-refractivity contribution in [3.63, 3.8) is 0 Å². The molecule has 0 saturated heterocycles. The summed E-state index contributed by atoms with van der Waals surface area (Å²) in [6.07, 6.45) is 9.61. The molecule has 0 amide bonds. The molecule has 0 aliphatic heterocycles. The predicted octanol–water partition coefficient (Wildman–Crippen LogP) is 5.29. The minimum Gasteiger partial charge on any atom is -0.347 e. The normalized spacial score (nSPS) is 19.9. The van der Waals surface area contributed by atoms with E-state index in [0.717, 1.165) is 5.92 Å². The third-order valence-corrected chi connectivity index (χ3v) is 6.33. The van der Waals surface area contributed by atoms with Crippen LogP contribution in [0.2, 0.25) is 0 Å². The molecule has 1 heterocycles. The van der Waals surface area contributed by atoms with Crippen LogP contribution in [0.5, 0.6) is 0 Å². The van der Waals surface area contributed by atoms with E-state index in [1.54, 1.807) is 5.69 Å². The maximum atomic E-state index is 3.69. The van der Waals surface area contributed by atoms with Crippen molar-refractivity contribution >= 4 is 22.9 Å². The molecule has 0 unspecified atom stereocenters. The average Bonchev–Trinajstić information content (AvgIpc) is 3.35. The zero-order valence-corrected chi connectivity index (χ0v) is 14.5. The van der Waals surface area contributed by atoms with Crippen molar-refractivity contribution in [2.45, 2.75) is 68.7 Å². The van der Waals surface area contributed by atoms with Crippen LogP contribution in [0.25, 0.3) is 10.9 Å². The highest BCUT2D eigenvalue weighted by Gasteiger charge is 2.29. The maximum Gasteiger partial charge on any atom is 0.0494 e. The lowest BCUT2D eigenvalue weighted by molar-refractivity contribution is 0.423. The van der Waals surface area contributed by atoms with Crippen LogP contribution in [-0.4, -0.2) is 10.6 Å². The lowest BCUT2D eigenvalue weighted by atomic mass is 9.96. The molecule has 1 aromatic carbocycles. The van der Waals surface area contributed by atoms with E-state index >= 15 is 0 Å². The van der Waals surface area contributed by atoms with Gasteiger partial charge >= 0.3 is 0 Å². The molecule has 1 aromatic heterocycles. The Balaban J connectivity index is 1.56. The Kier molecular flexibility index (Phi) is 3.95. The quantitative estimate of drug-likeness (QED) is 0.772. The largest absolute Gasteiger partial charge is 0.347 e. The summed E-state index contributed by atoms with van der Waals surface area (Å²) in [5.41, 5.74) is 4.46. The highest BCUT2D eigenvalue weighted by atomic mass is 32.2. The lowest BCUT2D eigenvalue weighted by Gasteiger charge is -2.22. The number of hydrogen-bond donors (Lipinski definition) is 1. The van der Waals surface area contributed by atoms with E-state index in [-0.39, 0.29) is 0 Å². The first-order valence-electron chi connectivity index (χ1n) is 8.75. The Morgan fingerprint density at radius 2 is 1.86 bits per heavy atom. The van der Waals surface area contributed by atoms with Crippen molar-refractivity contribution < 1.29 is 0 Å². The molecule has 1 N–H and O–H groups in total. The maximum absolute atomic E-state index is 3.69. The summed E-state index contributed by atoms with van der Waals surface area (Å²) >= 11 is 1.83. The Morgan fingerprint density at radius 3 is 2.59 bits per heavy atom. The third-order valence-electron chi connectivity index (χ3n) is 5.39.